The number of aromatic nitrogens is 2. The van der Waals surface area contributed by atoms with Gasteiger partial charge in [-0.25, -0.2) is 13.8 Å². The Morgan fingerprint density at radius 1 is 1.04 bits per heavy atom. The van der Waals surface area contributed by atoms with Crippen LogP contribution < -0.4 is 15.5 Å². The standard InChI is InChI=1S/C32H29Cl3F5N5O2/c1-31(2,32(38,39)40)30(47)41-14-16-4-6-21(33)19(28(16)35)12-27-43-24-11-20(29(46)42-18-5-7-23(37)22(34)10-18)25(13-26(24)44(27)3)45-9-8-17(36)15-45/h4-7,10-11,13,17H,8-9,12,14-15H2,1-3H3,(H,41,47)(H,42,46)/t17-/m1/s1. The zero-order valence-corrected chi connectivity index (χ0v) is 27.6. The molecule has 2 amide bonds. The molecule has 1 atom stereocenters. The molecule has 1 aliphatic rings. The van der Waals surface area contributed by atoms with Crippen LogP contribution in [0.1, 0.15) is 47.6 Å². The number of alkyl halides is 4. The van der Waals surface area contributed by atoms with E-state index < -0.39 is 35.4 Å². The normalized spacial score (nSPS) is 15.4. The summed E-state index contributed by atoms with van der Waals surface area (Å²) in [6.07, 6.45) is -5.42. The molecule has 1 aliphatic heterocycles. The van der Waals surface area contributed by atoms with Gasteiger partial charge in [0.15, 0.2) is 0 Å². The molecule has 2 N–H and O–H groups in total. The highest BCUT2D eigenvalue weighted by molar-refractivity contribution is 6.36. The van der Waals surface area contributed by atoms with Crippen LogP contribution >= 0.6 is 34.8 Å². The van der Waals surface area contributed by atoms with Crippen molar-refractivity contribution in [3.63, 3.8) is 0 Å². The Bertz CT molecular complexity index is 1880. The molecule has 15 heteroatoms. The number of rotatable bonds is 8. The van der Waals surface area contributed by atoms with Crippen LogP contribution in [-0.4, -0.2) is 46.8 Å². The molecular formula is C32H29Cl3F5N5O2. The van der Waals surface area contributed by atoms with Gasteiger partial charge in [-0.3, -0.25) is 9.59 Å². The van der Waals surface area contributed by atoms with E-state index >= 15 is 0 Å². The number of fused-ring (bicyclic) bond motifs is 1. The highest BCUT2D eigenvalue weighted by Crippen LogP contribution is 2.38. The molecule has 1 saturated heterocycles. The van der Waals surface area contributed by atoms with E-state index in [0.717, 1.165) is 19.9 Å². The fourth-order valence-corrected chi connectivity index (χ4v) is 5.97. The maximum atomic E-state index is 14.3. The zero-order chi connectivity index (χ0) is 34.4. The molecule has 3 aromatic carbocycles. The van der Waals surface area contributed by atoms with Gasteiger partial charge < -0.3 is 20.1 Å². The number of nitrogens with one attached hydrogen (secondary N) is 2. The van der Waals surface area contributed by atoms with Crippen molar-refractivity contribution in [1.29, 1.82) is 0 Å². The van der Waals surface area contributed by atoms with Crippen LogP contribution in [0, 0.1) is 11.2 Å². The first-order valence-corrected chi connectivity index (χ1v) is 15.6. The first-order valence-electron chi connectivity index (χ1n) is 14.4. The van der Waals surface area contributed by atoms with Crippen molar-refractivity contribution < 1.29 is 31.5 Å². The summed E-state index contributed by atoms with van der Waals surface area (Å²) in [6.45, 7) is 1.79. The Balaban J connectivity index is 1.47. The van der Waals surface area contributed by atoms with E-state index in [1.54, 1.807) is 28.6 Å². The van der Waals surface area contributed by atoms with Crippen molar-refractivity contribution in [2.45, 2.75) is 45.6 Å². The van der Waals surface area contributed by atoms with Crippen LogP contribution in [0.5, 0.6) is 0 Å². The molecule has 1 aromatic heterocycles. The predicted molar refractivity (Wildman–Crippen MR) is 173 cm³/mol. The molecule has 47 heavy (non-hydrogen) atoms. The number of halogens is 8. The lowest BCUT2D eigenvalue weighted by molar-refractivity contribution is -0.211. The molecule has 0 spiro atoms. The Labute approximate surface area is 282 Å². The number of hydrogen-bond acceptors (Lipinski definition) is 4. The molecule has 0 bridgehead atoms. The minimum absolute atomic E-state index is 0.0908. The second-order valence-corrected chi connectivity index (χ2v) is 13.0. The molecule has 7 nitrogen and oxygen atoms in total. The number of benzene rings is 3. The van der Waals surface area contributed by atoms with Gasteiger partial charge in [-0.2, -0.15) is 13.2 Å². The van der Waals surface area contributed by atoms with Crippen LogP contribution in [0.3, 0.4) is 0 Å². The monoisotopic (exact) mass is 715 g/mol. The van der Waals surface area contributed by atoms with E-state index in [9.17, 15) is 31.5 Å². The zero-order valence-electron chi connectivity index (χ0n) is 25.3. The van der Waals surface area contributed by atoms with Crippen LogP contribution in [0.15, 0.2) is 42.5 Å². The summed E-state index contributed by atoms with van der Waals surface area (Å²) in [5, 5.41) is 5.28. The van der Waals surface area contributed by atoms with Crippen LogP contribution in [0.2, 0.25) is 15.1 Å². The first kappa shape index (κ1) is 34.7. The molecule has 2 heterocycles. The third-order valence-corrected chi connectivity index (χ3v) is 9.42. The minimum Gasteiger partial charge on any atom is -0.368 e. The highest BCUT2D eigenvalue weighted by Gasteiger charge is 2.52. The molecule has 5 rings (SSSR count). The Hall–Kier alpha value is -3.61. The number of aryl methyl sites for hydroxylation is 1. The molecule has 0 radical (unpaired) electrons. The van der Waals surface area contributed by atoms with Gasteiger partial charge in [-0.15, -0.1) is 0 Å². The number of anilines is 2. The number of hydrogen-bond donors (Lipinski definition) is 2. The number of carbonyl (C=O) groups is 2. The number of nitrogens with zero attached hydrogens (tertiary/aromatic N) is 3. The smallest absolute Gasteiger partial charge is 0.368 e. The topological polar surface area (TPSA) is 79.3 Å². The highest BCUT2D eigenvalue weighted by atomic mass is 35.5. The van der Waals surface area contributed by atoms with Crippen molar-refractivity contribution >= 4 is 69.0 Å². The fraction of sp³-hybridized carbons (Fsp3) is 0.344. The molecular weight excluding hydrogens is 688 g/mol. The quantitative estimate of drug-likeness (QED) is 0.180. The van der Waals surface area contributed by atoms with Gasteiger partial charge in [0, 0.05) is 43.8 Å². The van der Waals surface area contributed by atoms with E-state index in [1.165, 1.54) is 24.3 Å². The summed E-state index contributed by atoms with van der Waals surface area (Å²) < 4.78 is 69.7. The lowest BCUT2D eigenvalue weighted by atomic mass is 9.91. The summed E-state index contributed by atoms with van der Waals surface area (Å²) >= 11 is 19.1. The SMILES string of the molecule is Cn1c(Cc2c(Cl)ccc(CNC(=O)C(C)(C)C(F)(F)F)c2Cl)nc2cc(C(=O)Nc3ccc(F)c(Cl)c3)c(N3CC[C@@H](F)C3)cc21. The average Bonchev–Trinajstić information content (AvgIpc) is 3.57. The van der Waals surface area contributed by atoms with Crippen LogP contribution in [0.25, 0.3) is 11.0 Å². The van der Waals surface area contributed by atoms with Gasteiger partial charge in [0.1, 0.15) is 23.2 Å². The van der Waals surface area contributed by atoms with Crippen molar-refractivity contribution in [3.8, 4) is 0 Å². The Morgan fingerprint density at radius 3 is 2.40 bits per heavy atom. The van der Waals surface area contributed by atoms with Gasteiger partial charge in [-0.1, -0.05) is 40.9 Å². The molecule has 4 aromatic rings. The van der Waals surface area contributed by atoms with Gasteiger partial charge in [0.2, 0.25) is 5.91 Å². The summed E-state index contributed by atoms with van der Waals surface area (Å²) in [6, 6.07) is 10.2. The van der Waals surface area contributed by atoms with Crippen molar-refractivity contribution in [1.82, 2.24) is 14.9 Å². The Morgan fingerprint density at radius 2 is 1.77 bits per heavy atom. The summed E-state index contributed by atoms with van der Waals surface area (Å²) in [7, 11) is 1.75. The van der Waals surface area contributed by atoms with Crippen molar-refractivity contribution in [2.75, 3.05) is 23.3 Å². The molecule has 0 unspecified atom stereocenters. The van der Waals surface area contributed by atoms with E-state index in [1.807, 2.05) is 0 Å². The number of imidazole rings is 1. The molecule has 1 fully saturated rings. The minimum atomic E-state index is -4.75. The second kappa shape index (κ2) is 13.1. The molecule has 250 valence electrons. The van der Waals surface area contributed by atoms with Gasteiger partial charge in [0.05, 0.1) is 32.3 Å². The predicted octanol–water partition coefficient (Wildman–Crippen LogP) is 8.27. The molecule has 0 aliphatic carbocycles. The van der Waals surface area contributed by atoms with E-state index in [-0.39, 0.29) is 45.8 Å². The Kier molecular flexibility index (Phi) is 9.69. The second-order valence-electron chi connectivity index (χ2n) is 11.8. The summed E-state index contributed by atoms with van der Waals surface area (Å²) in [5.74, 6) is -1.89. The van der Waals surface area contributed by atoms with E-state index in [4.69, 9.17) is 39.8 Å². The van der Waals surface area contributed by atoms with Gasteiger partial charge >= 0.3 is 6.18 Å². The maximum absolute atomic E-state index is 14.3. The van der Waals surface area contributed by atoms with Crippen molar-refractivity contribution in [3.05, 3.63) is 85.9 Å². The third kappa shape index (κ3) is 7.00. The van der Waals surface area contributed by atoms with Crippen LogP contribution in [-0.2, 0) is 24.8 Å². The first-order chi connectivity index (χ1) is 22.0. The average molecular weight is 717 g/mol. The van der Waals surface area contributed by atoms with Crippen LogP contribution in [0.4, 0.5) is 33.3 Å². The maximum Gasteiger partial charge on any atom is 0.402 e. The van der Waals surface area contributed by atoms with Gasteiger partial charge in [-0.05, 0) is 67.8 Å². The summed E-state index contributed by atoms with van der Waals surface area (Å²) in [4.78, 5) is 32.4. The largest absolute Gasteiger partial charge is 0.402 e. The summed E-state index contributed by atoms with van der Waals surface area (Å²) in [5.41, 5.74) is 0.205. The van der Waals surface area contributed by atoms with Crippen molar-refractivity contribution in [2.24, 2.45) is 12.5 Å². The van der Waals surface area contributed by atoms with E-state index in [2.05, 4.69) is 10.6 Å². The number of amides is 2. The number of carbonyl (C=O) groups excluding carboxylic acids is 2. The molecule has 0 saturated carbocycles. The lowest BCUT2D eigenvalue weighted by Crippen LogP contribution is -2.46. The van der Waals surface area contributed by atoms with E-state index in [0.29, 0.717) is 46.6 Å². The fourth-order valence-electron chi connectivity index (χ4n) is 5.22. The van der Waals surface area contributed by atoms with Gasteiger partial charge in [0.25, 0.3) is 5.91 Å². The lowest BCUT2D eigenvalue weighted by Gasteiger charge is -2.26. The third-order valence-electron chi connectivity index (χ3n) is 8.30.